The van der Waals surface area contributed by atoms with Crippen molar-refractivity contribution in [2.45, 2.75) is 46.1 Å². The van der Waals surface area contributed by atoms with Crippen molar-refractivity contribution in [3.8, 4) is 0 Å². The summed E-state index contributed by atoms with van der Waals surface area (Å²) in [6.07, 6.45) is 4.89. The maximum Gasteiger partial charge on any atom is 0.0580 e. The fourth-order valence-corrected chi connectivity index (χ4v) is 3.52. The molecule has 0 aromatic heterocycles. The van der Waals surface area contributed by atoms with Gasteiger partial charge >= 0.3 is 0 Å². The molecule has 0 bridgehead atoms. The molecule has 2 rings (SSSR count). The van der Waals surface area contributed by atoms with Gasteiger partial charge < -0.3 is 4.74 Å². The second-order valence-electron chi connectivity index (χ2n) is 4.89. The number of rotatable bonds is 3. The molecule has 0 N–H and O–H groups in total. The van der Waals surface area contributed by atoms with Crippen molar-refractivity contribution in [1.29, 1.82) is 0 Å². The van der Waals surface area contributed by atoms with E-state index in [1.54, 1.807) is 0 Å². The topological polar surface area (TPSA) is 9.23 Å². The SMILES string of the molecule is CCO[C@H](C)[C@H]1[C@H]2CCC[C@@H](C)[C@@H]21. The van der Waals surface area contributed by atoms with E-state index in [-0.39, 0.29) is 0 Å². The fraction of sp³-hybridized carbons (Fsp3) is 1.00. The molecule has 0 spiro atoms. The molecule has 0 radical (unpaired) electrons. The molecule has 0 heterocycles. The van der Waals surface area contributed by atoms with Gasteiger partial charge in [0, 0.05) is 6.61 Å². The lowest BCUT2D eigenvalue weighted by Gasteiger charge is -2.15. The largest absolute Gasteiger partial charge is 0.378 e. The lowest BCUT2D eigenvalue weighted by atomic mass is 9.91. The Balaban J connectivity index is 1.89. The van der Waals surface area contributed by atoms with Crippen molar-refractivity contribution in [1.82, 2.24) is 0 Å². The van der Waals surface area contributed by atoms with Crippen LogP contribution < -0.4 is 0 Å². The highest BCUT2D eigenvalue weighted by molar-refractivity contribution is 5.04. The third-order valence-corrected chi connectivity index (χ3v) is 4.12. The average molecular weight is 182 g/mol. The Kier molecular flexibility index (Phi) is 2.64. The minimum Gasteiger partial charge on any atom is -0.378 e. The van der Waals surface area contributed by atoms with Crippen molar-refractivity contribution < 1.29 is 4.74 Å². The van der Waals surface area contributed by atoms with Crippen molar-refractivity contribution in [3.05, 3.63) is 0 Å². The van der Waals surface area contributed by atoms with Crippen LogP contribution in [0.5, 0.6) is 0 Å². The van der Waals surface area contributed by atoms with E-state index < -0.39 is 0 Å². The van der Waals surface area contributed by atoms with Crippen molar-refractivity contribution in [2.24, 2.45) is 23.7 Å². The maximum absolute atomic E-state index is 5.71. The summed E-state index contributed by atoms with van der Waals surface area (Å²) in [5.41, 5.74) is 0. The zero-order valence-electron chi connectivity index (χ0n) is 9.12. The minimum absolute atomic E-state index is 0.514. The summed E-state index contributed by atoms with van der Waals surface area (Å²) < 4.78 is 5.71. The molecule has 0 saturated heterocycles. The van der Waals surface area contributed by atoms with Gasteiger partial charge in [-0.2, -0.15) is 0 Å². The molecule has 0 aliphatic heterocycles. The predicted octanol–water partition coefficient (Wildman–Crippen LogP) is 3.09. The van der Waals surface area contributed by atoms with Crippen LogP contribution in [0, 0.1) is 23.7 Å². The van der Waals surface area contributed by atoms with Gasteiger partial charge in [0.1, 0.15) is 0 Å². The van der Waals surface area contributed by atoms with Crippen LogP contribution in [-0.2, 0) is 4.74 Å². The molecule has 0 unspecified atom stereocenters. The van der Waals surface area contributed by atoms with Gasteiger partial charge in [-0.25, -0.2) is 0 Å². The van der Waals surface area contributed by atoms with Crippen molar-refractivity contribution in [2.75, 3.05) is 6.61 Å². The Morgan fingerprint density at radius 3 is 2.77 bits per heavy atom. The highest BCUT2D eigenvalue weighted by Gasteiger charge is 2.56. The Bertz CT molecular complexity index is 178. The molecule has 2 aliphatic rings. The second-order valence-corrected chi connectivity index (χ2v) is 4.89. The minimum atomic E-state index is 0.514. The molecule has 13 heavy (non-hydrogen) atoms. The van der Waals surface area contributed by atoms with Crippen LogP contribution in [0.1, 0.15) is 40.0 Å². The number of hydrogen-bond acceptors (Lipinski definition) is 1. The zero-order valence-corrected chi connectivity index (χ0v) is 9.12. The summed E-state index contributed by atoms with van der Waals surface area (Å²) in [7, 11) is 0. The second kappa shape index (κ2) is 3.61. The smallest absolute Gasteiger partial charge is 0.0580 e. The summed E-state index contributed by atoms with van der Waals surface area (Å²) in [4.78, 5) is 0. The monoisotopic (exact) mass is 182 g/mol. The summed E-state index contributed by atoms with van der Waals surface area (Å²) in [6, 6.07) is 0. The van der Waals surface area contributed by atoms with Gasteiger partial charge in [-0.05, 0) is 43.9 Å². The van der Waals surface area contributed by atoms with Crippen molar-refractivity contribution in [3.63, 3.8) is 0 Å². The van der Waals surface area contributed by atoms with Crippen LogP contribution in [0.25, 0.3) is 0 Å². The standard InChI is InChI=1S/C12H22O/c1-4-13-9(3)12-10-7-5-6-8(2)11(10)12/h8-12H,4-7H2,1-3H3/t8-,9-,10+,11+,12+/m1/s1. The first-order valence-electron chi connectivity index (χ1n) is 5.87. The van der Waals surface area contributed by atoms with Crippen LogP contribution in [0.4, 0.5) is 0 Å². The third-order valence-electron chi connectivity index (χ3n) is 4.12. The molecule has 76 valence electrons. The van der Waals surface area contributed by atoms with Gasteiger partial charge in [0.05, 0.1) is 6.10 Å². The lowest BCUT2D eigenvalue weighted by Crippen LogP contribution is -2.13. The van der Waals surface area contributed by atoms with Crippen LogP contribution in [0.3, 0.4) is 0 Å². The zero-order chi connectivity index (χ0) is 9.42. The molecule has 1 nitrogen and oxygen atoms in total. The highest BCUT2D eigenvalue weighted by atomic mass is 16.5. The third kappa shape index (κ3) is 1.63. The molecule has 5 atom stereocenters. The maximum atomic E-state index is 5.71. The summed E-state index contributed by atoms with van der Waals surface area (Å²) in [5, 5.41) is 0. The average Bonchev–Trinajstić information content (AvgIpc) is 2.80. The van der Waals surface area contributed by atoms with E-state index in [1.165, 1.54) is 19.3 Å². The van der Waals surface area contributed by atoms with Crippen LogP contribution >= 0.6 is 0 Å². The summed E-state index contributed by atoms with van der Waals surface area (Å²) in [6.45, 7) is 7.67. The van der Waals surface area contributed by atoms with E-state index in [0.717, 1.165) is 30.3 Å². The van der Waals surface area contributed by atoms with Gasteiger partial charge in [0.2, 0.25) is 0 Å². The quantitative estimate of drug-likeness (QED) is 0.651. The number of fused-ring (bicyclic) bond motifs is 1. The van der Waals surface area contributed by atoms with Gasteiger partial charge in [-0.15, -0.1) is 0 Å². The predicted molar refractivity (Wildman–Crippen MR) is 54.6 cm³/mol. The molecule has 2 aliphatic carbocycles. The summed E-state index contributed by atoms with van der Waals surface area (Å²) >= 11 is 0. The van der Waals surface area contributed by atoms with Crippen molar-refractivity contribution >= 4 is 0 Å². The van der Waals surface area contributed by atoms with E-state index in [9.17, 15) is 0 Å². The Morgan fingerprint density at radius 1 is 1.38 bits per heavy atom. The van der Waals surface area contributed by atoms with E-state index in [4.69, 9.17) is 4.74 Å². The van der Waals surface area contributed by atoms with Gasteiger partial charge in [-0.3, -0.25) is 0 Å². The van der Waals surface area contributed by atoms with E-state index >= 15 is 0 Å². The highest BCUT2D eigenvalue weighted by Crippen LogP contribution is 2.59. The molecule has 2 saturated carbocycles. The van der Waals surface area contributed by atoms with Gasteiger partial charge in [-0.1, -0.05) is 19.8 Å². The molecule has 0 aromatic rings. The van der Waals surface area contributed by atoms with E-state index in [1.807, 2.05) is 0 Å². The molecule has 0 aromatic carbocycles. The first kappa shape index (κ1) is 9.51. The molecule has 2 fully saturated rings. The molecule has 0 amide bonds. The van der Waals surface area contributed by atoms with Gasteiger partial charge in [0.25, 0.3) is 0 Å². The number of hydrogen-bond donors (Lipinski definition) is 0. The van der Waals surface area contributed by atoms with Crippen LogP contribution in [0.15, 0.2) is 0 Å². The molecular weight excluding hydrogens is 160 g/mol. The van der Waals surface area contributed by atoms with Crippen LogP contribution in [-0.4, -0.2) is 12.7 Å². The molecule has 1 heteroatoms. The first-order chi connectivity index (χ1) is 6.25. The number of ether oxygens (including phenoxy) is 1. The molecular formula is C12H22O. The normalized spacial score (nSPS) is 45.5. The van der Waals surface area contributed by atoms with E-state index in [2.05, 4.69) is 20.8 Å². The fourth-order valence-electron chi connectivity index (χ4n) is 3.52. The van der Waals surface area contributed by atoms with Gasteiger partial charge in [0.15, 0.2) is 0 Å². The first-order valence-corrected chi connectivity index (χ1v) is 5.87. The van der Waals surface area contributed by atoms with E-state index in [0.29, 0.717) is 6.10 Å². The Labute approximate surface area is 81.9 Å². The Hall–Kier alpha value is -0.0400. The summed E-state index contributed by atoms with van der Waals surface area (Å²) in [5.74, 6) is 3.89. The lowest BCUT2D eigenvalue weighted by molar-refractivity contribution is 0.0528. The Morgan fingerprint density at radius 2 is 2.15 bits per heavy atom. The van der Waals surface area contributed by atoms with Crippen LogP contribution in [0.2, 0.25) is 0 Å².